The van der Waals surface area contributed by atoms with Crippen molar-refractivity contribution in [3.8, 4) is 11.3 Å². The van der Waals surface area contributed by atoms with Gasteiger partial charge in [-0.2, -0.15) is 5.10 Å². The summed E-state index contributed by atoms with van der Waals surface area (Å²) >= 11 is 1.48. The number of aryl methyl sites for hydroxylation is 3. The number of imidazole rings is 1. The topological polar surface area (TPSA) is 55.4 Å². The van der Waals surface area contributed by atoms with Crippen LogP contribution in [0.15, 0.2) is 42.0 Å². The summed E-state index contributed by atoms with van der Waals surface area (Å²) < 4.78 is 3.66. The number of carbonyl (C=O) groups is 1. The lowest BCUT2D eigenvalue weighted by Gasteiger charge is -2.16. The third-order valence-electron chi connectivity index (χ3n) is 4.64. The van der Waals surface area contributed by atoms with Gasteiger partial charge in [-0.3, -0.25) is 13.9 Å². The van der Waals surface area contributed by atoms with Gasteiger partial charge in [-0.25, -0.2) is 4.98 Å². The van der Waals surface area contributed by atoms with Crippen LogP contribution in [0.3, 0.4) is 0 Å². The Morgan fingerprint density at radius 1 is 1.19 bits per heavy atom. The van der Waals surface area contributed by atoms with Gasteiger partial charge in [0.1, 0.15) is 5.69 Å². The van der Waals surface area contributed by atoms with Crippen molar-refractivity contribution >= 4 is 22.2 Å². The molecule has 138 valence electrons. The van der Waals surface area contributed by atoms with Gasteiger partial charge in [-0.15, -0.1) is 11.3 Å². The van der Waals surface area contributed by atoms with Crippen LogP contribution < -0.4 is 0 Å². The summed E-state index contributed by atoms with van der Waals surface area (Å²) in [5, 5.41) is 6.22. The highest BCUT2D eigenvalue weighted by atomic mass is 32.1. The van der Waals surface area contributed by atoms with Gasteiger partial charge in [-0.1, -0.05) is 29.8 Å². The molecule has 1 amide bonds. The zero-order chi connectivity index (χ0) is 19.1. The molecule has 1 aromatic carbocycles. The van der Waals surface area contributed by atoms with E-state index >= 15 is 0 Å². The van der Waals surface area contributed by atoms with Crippen LogP contribution in [0.2, 0.25) is 0 Å². The largest absolute Gasteiger partial charge is 0.336 e. The summed E-state index contributed by atoms with van der Waals surface area (Å²) in [4.78, 5) is 20.2. The lowest BCUT2D eigenvalue weighted by Crippen LogP contribution is -2.27. The van der Waals surface area contributed by atoms with E-state index in [2.05, 4.69) is 41.3 Å². The molecule has 0 aliphatic carbocycles. The molecule has 0 fully saturated rings. The first-order chi connectivity index (χ1) is 12.9. The molecule has 0 spiro atoms. The van der Waals surface area contributed by atoms with Gasteiger partial charge in [0.15, 0.2) is 4.96 Å². The number of hydrogen-bond donors (Lipinski definition) is 0. The van der Waals surface area contributed by atoms with Crippen LogP contribution in [-0.2, 0) is 13.6 Å². The maximum absolute atomic E-state index is 13.0. The third kappa shape index (κ3) is 3.26. The molecule has 0 aliphatic heterocycles. The Balaban J connectivity index is 1.62. The van der Waals surface area contributed by atoms with Crippen LogP contribution in [0, 0.1) is 13.8 Å². The fourth-order valence-corrected chi connectivity index (χ4v) is 3.97. The number of thiazole rings is 1. The highest BCUT2D eigenvalue weighted by Gasteiger charge is 2.19. The van der Waals surface area contributed by atoms with E-state index in [1.807, 2.05) is 43.2 Å². The zero-order valence-corrected chi connectivity index (χ0v) is 16.6. The number of benzene rings is 1. The number of aromatic nitrogens is 4. The van der Waals surface area contributed by atoms with E-state index in [-0.39, 0.29) is 5.91 Å². The fraction of sp³-hybridized carbons (Fsp3) is 0.250. The SMILES string of the molecule is Cc1ccc(-c2cn3c(C(=O)N(C)Cc4cn(C)nc4C)csc3n2)cc1. The molecule has 0 unspecified atom stereocenters. The average molecular weight is 379 g/mol. The van der Waals surface area contributed by atoms with E-state index in [9.17, 15) is 4.79 Å². The van der Waals surface area contributed by atoms with Crippen LogP contribution in [-0.4, -0.2) is 37.0 Å². The van der Waals surface area contributed by atoms with Crippen LogP contribution in [0.5, 0.6) is 0 Å². The van der Waals surface area contributed by atoms with E-state index in [0.717, 1.165) is 27.5 Å². The predicted molar refractivity (Wildman–Crippen MR) is 107 cm³/mol. The maximum atomic E-state index is 13.0. The van der Waals surface area contributed by atoms with Crippen molar-refractivity contribution in [2.45, 2.75) is 20.4 Å². The Hall–Kier alpha value is -2.93. The first kappa shape index (κ1) is 17.5. The lowest BCUT2D eigenvalue weighted by molar-refractivity contribution is 0.0778. The number of carbonyl (C=O) groups excluding carboxylic acids is 1. The molecule has 3 aromatic heterocycles. The van der Waals surface area contributed by atoms with Crippen LogP contribution in [0.25, 0.3) is 16.2 Å². The predicted octanol–water partition coefficient (Wildman–Crippen LogP) is 3.69. The highest BCUT2D eigenvalue weighted by molar-refractivity contribution is 7.15. The first-order valence-electron chi connectivity index (χ1n) is 8.70. The van der Waals surface area contributed by atoms with Crippen LogP contribution >= 0.6 is 11.3 Å². The number of rotatable bonds is 4. The molecular weight excluding hydrogens is 358 g/mol. The second kappa shape index (κ2) is 6.66. The third-order valence-corrected chi connectivity index (χ3v) is 5.48. The van der Waals surface area contributed by atoms with Crippen molar-refractivity contribution in [1.29, 1.82) is 0 Å². The second-order valence-corrected chi connectivity index (χ2v) is 7.68. The van der Waals surface area contributed by atoms with Gasteiger partial charge in [-0.05, 0) is 13.8 Å². The van der Waals surface area contributed by atoms with E-state index in [1.165, 1.54) is 16.9 Å². The lowest BCUT2D eigenvalue weighted by atomic mass is 10.1. The average Bonchev–Trinajstić information content (AvgIpc) is 3.29. The van der Waals surface area contributed by atoms with E-state index in [1.54, 1.807) is 9.58 Å². The Morgan fingerprint density at radius 2 is 1.93 bits per heavy atom. The normalized spacial score (nSPS) is 11.3. The summed E-state index contributed by atoms with van der Waals surface area (Å²) in [6.45, 7) is 4.54. The van der Waals surface area contributed by atoms with Crippen LogP contribution in [0.4, 0.5) is 0 Å². The molecular formula is C20H21N5OS. The molecule has 4 rings (SSSR count). The van der Waals surface area contributed by atoms with Gasteiger partial charge in [0, 0.05) is 49.5 Å². The quantitative estimate of drug-likeness (QED) is 0.543. The van der Waals surface area contributed by atoms with E-state index < -0.39 is 0 Å². The minimum absolute atomic E-state index is 0.0302. The molecule has 27 heavy (non-hydrogen) atoms. The minimum Gasteiger partial charge on any atom is -0.336 e. The number of fused-ring (bicyclic) bond motifs is 1. The summed E-state index contributed by atoms with van der Waals surface area (Å²) in [5.41, 5.74) is 5.76. The number of hydrogen-bond acceptors (Lipinski definition) is 4. The molecule has 0 N–H and O–H groups in total. The van der Waals surface area contributed by atoms with Crippen LogP contribution in [0.1, 0.15) is 27.3 Å². The molecule has 0 aliphatic rings. The zero-order valence-electron chi connectivity index (χ0n) is 15.8. The molecule has 3 heterocycles. The molecule has 0 atom stereocenters. The number of nitrogens with zero attached hydrogens (tertiary/aromatic N) is 5. The van der Waals surface area contributed by atoms with Crippen molar-refractivity contribution in [1.82, 2.24) is 24.1 Å². The van der Waals surface area contributed by atoms with Crippen molar-refractivity contribution < 1.29 is 4.79 Å². The molecule has 0 radical (unpaired) electrons. The fourth-order valence-electron chi connectivity index (χ4n) is 3.13. The molecule has 0 saturated heterocycles. The van der Waals surface area contributed by atoms with Gasteiger partial charge >= 0.3 is 0 Å². The standard InChI is InChI=1S/C20H21N5OS/c1-13-5-7-15(8-6-13)17-11-25-18(12-27-20(25)21-17)19(26)23(3)9-16-10-24(4)22-14(16)2/h5-8,10-12H,9H2,1-4H3. The summed E-state index contributed by atoms with van der Waals surface area (Å²) in [5.74, 6) is -0.0302. The Kier molecular flexibility index (Phi) is 4.31. The smallest absolute Gasteiger partial charge is 0.271 e. The monoisotopic (exact) mass is 379 g/mol. The van der Waals surface area contributed by atoms with Crippen molar-refractivity contribution in [2.75, 3.05) is 7.05 Å². The summed E-state index contributed by atoms with van der Waals surface area (Å²) in [6, 6.07) is 8.25. The molecule has 6 nitrogen and oxygen atoms in total. The highest BCUT2D eigenvalue weighted by Crippen LogP contribution is 2.25. The summed E-state index contributed by atoms with van der Waals surface area (Å²) in [7, 11) is 3.70. The first-order valence-corrected chi connectivity index (χ1v) is 9.58. The summed E-state index contributed by atoms with van der Waals surface area (Å²) in [6.07, 6.45) is 3.89. The van der Waals surface area contributed by atoms with Gasteiger partial charge in [0.05, 0.1) is 11.4 Å². The van der Waals surface area contributed by atoms with Crippen molar-refractivity contribution in [2.24, 2.45) is 7.05 Å². The van der Waals surface area contributed by atoms with Gasteiger partial charge in [0.25, 0.3) is 5.91 Å². The Labute approximate surface area is 161 Å². The van der Waals surface area contributed by atoms with Crippen molar-refractivity contribution in [3.63, 3.8) is 0 Å². The van der Waals surface area contributed by atoms with Crippen molar-refractivity contribution in [3.05, 3.63) is 64.6 Å². The molecule has 0 bridgehead atoms. The molecule has 7 heteroatoms. The molecule has 0 saturated carbocycles. The molecule has 4 aromatic rings. The maximum Gasteiger partial charge on any atom is 0.271 e. The minimum atomic E-state index is -0.0302. The van der Waals surface area contributed by atoms with Gasteiger partial charge in [0.2, 0.25) is 0 Å². The second-order valence-electron chi connectivity index (χ2n) is 6.84. The van der Waals surface area contributed by atoms with E-state index in [0.29, 0.717) is 12.2 Å². The van der Waals surface area contributed by atoms with E-state index in [4.69, 9.17) is 0 Å². The number of amides is 1. The van der Waals surface area contributed by atoms with Gasteiger partial charge < -0.3 is 4.90 Å². The Bertz CT molecular complexity index is 1120. The Morgan fingerprint density at radius 3 is 2.59 bits per heavy atom.